The third-order valence-electron chi connectivity index (χ3n) is 4.85. The van der Waals surface area contributed by atoms with Gasteiger partial charge < -0.3 is 25.4 Å². The van der Waals surface area contributed by atoms with E-state index in [1.165, 1.54) is 0 Å². The van der Waals surface area contributed by atoms with E-state index in [0.717, 1.165) is 17.0 Å². The Morgan fingerprint density at radius 3 is 2.26 bits per heavy atom. The number of methoxy groups -OCH3 is 2. The third kappa shape index (κ3) is 5.41. The molecule has 0 bridgehead atoms. The lowest BCUT2D eigenvalue weighted by Crippen LogP contribution is -2.32. The zero-order chi connectivity index (χ0) is 22.4. The normalized spacial score (nSPS) is 10.5. The zero-order valence-corrected chi connectivity index (χ0v) is 18.3. The number of hydrogen-bond donors (Lipinski definition) is 3. The number of carbonyl (C=O) groups is 1. The Balaban J connectivity index is 1.47. The van der Waals surface area contributed by atoms with E-state index >= 15 is 0 Å². The van der Waals surface area contributed by atoms with Gasteiger partial charge in [-0.1, -0.05) is 0 Å². The molecule has 3 N–H and O–H groups in total. The number of aryl methyl sites for hydroxylation is 1. The van der Waals surface area contributed by atoms with Crippen LogP contribution in [-0.2, 0) is 0 Å². The van der Waals surface area contributed by atoms with Crippen LogP contribution >= 0.6 is 0 Å². The lowest BCUT2D eigenvalue weighted by molar-refractivity contribution is 0.252. The molecule has 2 amide bonds. The van der Waals surface area contributed by atoms with E-state index in [0.29, 0.717) is 41.9 Å². The van der Waals surface area contributed by atoms with Gasteiger partial charge in [0.15, 0.2) is 5.82 Å². The Morgan fingerprint density at radius 2 is 1.71 bits per heavy atom. The van der Waals surface area contributed by atoms with Crippen molar-refractivity contribution < 1.29 is 14.3 Å². The maximum Gasteiger partial charge on any atom is 0.319 e. The number of ether oxygens (including phenoxy) is 2. The molecule has 0 saturated heterocycles. The predicted molar refractivity (Wildman–Crippen MR) is 118 cm³/mol. The quantitative estimate of drug-likeness (QED) is 0.475. The first-order chi connectivity index (χ1) is 14.9. The summed E-state index contributed by atoms with van der Waals surface area (Å²) < 4.78 is 12.2. The van der Waals surface area contributed by atoms with E-state index < -0.39 is 0 Å². The summed E-state index contributed by atoms with van der Waals surface area (Å²) in [5.74, 6) is 2.45. The number of anilines is 2. The number of nitrogens with zero attached hydrogens (tertiary/aromatic N) is 4. The van der Waals surface area contributed by atoms with Gasteiger partial charge in [-0.25, -0.2) is 9.48 Å². The average molecular weight is 425 g/mol. The molecule has 164 valence electrons. The second-order valence-corrected chi connectivity index (χ2v) is 6.89. The first-order valence-corrected chi connectivity index (χ1v) is 9.80. The van der Waals surface area contributed by atoms with Crippen molar-refractivity contribution in [1.82, 2.24) is 25.3 Å². The topological polar surface area (TPSA) is 115 Å². The van der Waals surface area contributed by atoms with Crippen LogP contribution in [0.15, 0.2) is 30.3 Å². The molecule has 0 radical (unpaired) electrons. The van der Waals surface area contributed by atoms with Gasteiger partial charge in [0.25, 0.3) is 0 Å². The zero-order valence-electron chi connectivity index (χ0n) is 18.3. The van der Waals surface area contributed by atoms with Crippen LogP contribution in [0.3, 0.4) is 0 Å². The lowest BCUT2D eigenvalue weighted by atomic mass is 10.2. The van der Waals surface area contributed by atoms with Crippen molar-refractivity contribution in [1.29, 1.82) is 0 Å². The first kappa shape index (κ1) is 21.9. The van der Waals surface area contributed by atoms with E-state index in [4.69, 9.17) is 9.47 Å². The van der Waals surface area contributed by atoms with Crippen molar-refractivity contribution in [3.63, 3.8) is 0 Å². The molecule has 0 spiro atoms. The summed E-state index contributed by atoms with van der Waals surface area (Å²) >= 11 is 0. The number of aromatic nitrogens is 4. The molecule has 2 heterocycles. The molecule has 2 aromatic heterocycles. The molecule has 10 heteroatoms. The highest BCUT2D eigenvalue weighted by Crippen LogP contribution is 2.25. The SMILES string of the molecule is COc1cc(NC(=O)NCCNc2ccc(-n3nc(C)c(C)c3C)nn2)cc(OC)c1. The minimum absolute atomic E-state index is 0.335. The second-order valence-electron chi connectivity index (χ2n) is 6.89. The van der Waals surface area contributed by atoms with Gasteiger partial charge >= 0.3 is 6.03 Å². The molecule has 1 aromatic carbocycles. The summed E-state index contributed by atoms with van der Waals surface area (Å²) in [6, 6.07) is 8.50. The van der Waals surface area contributed by atoms with Crippen LogP contribution in [0, 0.1) is 20.8 Å². The molecule has 0 aliphatic rings. The fraction of sp³-hybridized carbons (Fsp3) is 0.333. The number of rotatable bonds is 8. The van der Waals surface area contributed by atoms with Gasteiger partial charge in [-0.15, -0.1) is 10.2 Å². The molecular formula is C21H27N7O3. The average Bonchev–Trinajstić information content (AvgIpc) is 3.04. The fourth-order valence-corrected chi connectivity index (χ4v) is 2.90. The van der Waals surface area contributed by atoms with Gasteiger partial charge in [0, 0.05) is 42.7 Å². The van der Waals surface area contributed by atoms with Crippen LogP contribution in [0.1, 0.15) is 17.0 Å². The van der Waals surface area contributed by atoms with Gasteiger partial charge in [-0.2, -0.15) is 5.10 Å². The number of nitrogens with one attached hydrogen (secondary N) is 3. The third-order valence-corrected chi connectivity index (χ3v) is 4.85. The van der Waals surface area contributed by atoms with Gasteiger partial charge in [-0.3, -0.25) is 0 Å². The number of urea groups is 1. The molecule has 0 aliphatic carbocycles. The van der Waals surface area contributed by atoms with Crippen LogP contribution in [0.2, 0.25) is 0 Å². The van der Waals surface area contributed by atoms with E-state index in [9.17, 15) is 4.79 Å². The smallest absolute Gasteiger partial charge is 0.319 e. The standard InChI is InChI=1S/C21H27N7O3/c1-13-14(2)27-28(15(13)3)20-7-6-19(25-26-20)22-8-9-23-21(29)24-16-10-17(30-4)12-18(11-16)31-5/h6-7,10-12H,8-9H2,1-5H3,(H,22,25)(H2,23,24,29). The molecular weight excluding hydrogens is 398 g/mol. The van der Waals surface area contributed by atoms with Crippen molar-refractivity contribution in [3.05, 3.63) is 47.3 Å². The van der Waals surface area contributed by atoms with Crippen molar-refractivity contribution >= 4 is 17.5 Å². The Kier molecular flexibility index (Phi) is 6.91. The van der Waals surface area contributed by atoms with Crippen LogP contribution in [0.4, 0.5) is 16.3 Å². The van der Waals surface area contributed by atoms with Crippen molar-refractivity contribution in [2.75, 3.05) is 37.9 Å². The minimum atomic E-state index is -0.335. The maximum atomic E-state index is 12.1. The van der Waals surface area contributed by atoms with Crippen LogP contribution in [0.5, 0.6) is 11.5 Å². The fourth-order valence-electron chi connectivity index (χ4n) is 2.90. The second kappa shape index (κ2) is 9.79. The van der Waals surface area contributed by atoms with Crippen molar-refractivity contribution in [2.24, 2.45) is 0 Å². The maximum absolute atomic E-state index is 12.1. The molecule has 10 nitrogen and oxygen atoms in total. The van der Waals surface area contributed by atoms with Crippen molar-refractivity contribution in [3.8, 4) is 17.3 Å². The van der Waals surface area contributed by atoms with E-state index in [2.05, 4.69) is 31.2 Å². The summed E-state index contributed by atoms with van der Waals surface area (Å²) in [5.41, 5.74) is 3.72. The number of benzene rings is 1. The molecule has 0 saturated carbocycles. The highest BCUT2D eigenvalue weighted by Gasteiger charge is 2.10. The first-order valence-electron chi connectivity index (χ1n) is 9.80. The van der Waals surface area contributed by atoms with E-state index in [-0.39, 0.29) is 6.03 Å². The van der Waals surface area contributed by atoms with Crippen LogP contribution in [-0.4, -0.2) is 53.3 Å². The monoisotopic (exact) mass is 425 g/mol. The lowest BCUT2D eigenvalue weighted by Gasteiger charge is -2.11. The Bertz CT molecular complexity index is 1030. The van der Waals surface area contributed by atoms with E-state index in [1.807, 2.05) is 32.9 Å². The van der Waals surface area contributed by atoms with Crippen LogP contribution in [0.25, 0.3) is 5.82 Å². The van der Waals surface area contributed by atoms with Crippen LogP contribution < -0.4 is 25.4 Å². The van der Waals surface area contributed by atoms with Gasteiger partial charge in [0.2, 0.25) is 0 Å². The highest BCUT2D eigenvalue weighted by molar-refractivity contribution is 5.89. The largest absolute Gasteiger partial charge is 0.497 e. The molecule has 0 atom stereocenters. The minimum Gasteiger partial charge on any atom is -0.497 e. The Hall–Kier alpha value is -3.82. The Labute approximate surface area is 181 Å². The van der Waals surface area contributed by atoms with E-state index in [1.54, 1.807) is 37.1 Å². The van der Waals surface area contributed by atoms with Gasteiger partial charge in [0.1, 0.15) is 17.3 Å². The molecule has 3 aromatic rings. The van der Waals surface area contributed by atoms with Gasteiger partial charge in [-0.05, 0) is 38.5 Å². The summed E-state index contributed by atoms with van der Waals surface area (Å²) in [6.07, 6.45) is 0. The number of hydrogen-bond acceptors (Lipinski definition) is 7. The summed E-state index contributed by atoms with van der Waals surface area (Å²) in [4.78, 5) is 12.1. The highest BCUT2D eigenvalue weighted by atomic mass is 16.5. The molecule has 0 unspecified atom stereocenters. The predicted octanol–water partition coefficient (Wildman–Crippen LogP) is 2.84. The molecule has 31 heavy (non-hydrogen) atoms. The van der Waals surface area contributed by atoms with Gasteiger partial charge in [0.05, 0.1) is 19.9 Å². The molecule has 0 fully saturated rings. The van der Waals surface area contributed by atoms with Crippen molar-refractivity contribution in [2.45, 2.75) is 20.8 Å². The molecule has 3 rings (SSSR count). The summed E-state index contributed by atoms with van der Waals surface area (Å²) in [6.45, 7) is 6.89. The Morgan fingerprint density at radius 1 is 1.00 bits per heavy atom. The summed E-state index contributed by atoms with van der Waals surface area (Å²) in [7, 11) is 3.11. The summed E-state index contributed by atoms with van der Waals surface area (Å²) in [5, 5.41) is 21.5. The molecule has 0 aliphatic heterocycles. The number of amides is 2. The number of carbonyl (C=O) groups excluding carboxylic acids is 1.